The first-order valence-electron chi connectivity index (χ1n) is 7.24. The zero-order chi connectivity index (χ0) is 17.6. The predicted molar refractivity (Wildman–Crippen MR) is 92.7 cm³/mol. The van der Waals surface area contributed by atoms with Crippen molar-refractivity contribution in [2.24, 2.45) is 7.05 Å². The van der Waals surface area contributed by atoms with Crippen molar-refractivity contribution in [3.63, 3.8) is 0 Å². The molecule has 0 radical (unpaired) electrons. The van der Waals surface area contributed by atoms with Crippen molar-refractivity contribution in [3.05, 3.63) is 27.3 Å². The maximum atomic E-state index is 10.1. The number of aliphatic hydroxyl groups is 4. The van der Waals surface area contributed by atoms with Gasteiger partial charge in [0, 0.05) is 27.6 Å². The van der Waals surface area contributed by atoms with Crippen LogP contribution >= 0.6 is 31.9 Å². The lowest BCUT2D eigenvalue weighted by molar-refractivity contribution is -0.277. The largest absolute Gasteiger partial charge is 0.460 e. The summed E-state index contributed by atoms with van der Waals surface area (Å²) >= 11 is 6.88. The van der Waals surface area contributed by atoms with Crippen LogP contribution in [0.3, 0.4) is 0 Å². The maximum absolute atomic E-state index is 10.1. The molecule has 1 fully saturated rings. The summed E-state index contributed by atoms with van der Waals surface area (Å²) in [5.74, 6) is 0.449. The Bertz CT molecular complexity index is 749. The van der Waals surface area contributed by atoms with Crippen molar-refractivity contribution >= 4 is 42.8 Å². The van der Waals surface area contributed by atoms with Crippen LogP contribution in [0.25, 0.3) is 10.9 Å². The molecule has 0 saturated carbocycles. The average molecular weight is 467 g/mol. The second kappa shape index (κ2) is 6.91. The zero-order valence-electron chi connectivity index (χ0n) is 12.6. The zero-order valence-corrected chi connectivity index (χ0v) is 15.8. The van der Waals surface area contributed by atoms with Crippen LogP contribution < -0.4 is 4.74 Å². The second-order valence-corrected chi connectivity index (χ2v) is 7.41. The number of benzene rings is 1. The SMILES string of the molecule is Cn1cc(O[C@@H]2O[C@H](CO)[C@H](O)[C@H](O)[C@H]2O)c2cc(Br)c(Br)cc21. The Hall–Kier alpha value is -0.680. The minimum Gasteiger partial charge on any atom is -0.460 e. The molecule has 2 heterocycles. The summed E-state index contributed by atoms with van der Waals surface area (Å²) in [6.07, 6.45) is -4.83. The number of hydrogen-bond donors (Lipinski definition) is 4. The molecule has 5 atom stereocenters. The lowest BCUT2D eigenvalue weighted by Gasteiger charge is -2.39. The van der Waals surface area contributed by atoms with Gasteiger partial charge >= 0.3 is 0 Å². The molecule has 0 unspecified atom stereocenters. The van der Waals surface area contributed by atoms with Crippen molar-refractivity contribution in [1.29, 1.82) is 0 Å². The molecule has 7 nitrogen and oxygen atoms in total. The van der Waals surface area contributed by atoms with E-state index >= 15 is 0 Å². The number of aryl methyl sites for hydroxylation is 1. The maximum Gasteiger partial charge on any atom is 0.229 e. The molecule has 0 bridgehead atoms. The molecule has 24 heavy (non-hydrogen) atoms. The fourth-order valence-corrected chi connectivity index (χ4v) is 3.40. The number of nitrogens with zero attached hydrogens (tertiary/aromatic N) is 1. The highest BCUT2D eigenvalue weighted by molar-refractivity contribution is 9.13. The van der Waals surface area contributed by atoms with Gasteiger partial charge in [-0.3, -0.25) is 0 Å². The molecule has 0 spiro atoms. The fraction of sp³-hybridized carbons (Fsp3) is 0.467. The van der Waals surface area contributed by atoms with Crippen LogP contribution in [0.1, 0.15) is 0 Å². The highest BCUT2D eigenvalue weighted by atomic mass is 79.9. The summed E-state index contributed by atoms with van der Waals surface area (Å²) in [6, 6.07) is 3.78. The number of hydrogen-bond acceptors (Lipinski definition) is 6. The van der Waals surface area contributed by atoms with Gasteiger partial charge in [0.2, 0.25) is 6.29 Å². The monoisotopic (exact) mass is 465 g/mol. The van der Waals surface area contributed by atoms with E-state index in [1.54, 1.807) is 6.20 Å². The summed E-state index contributed by atoms with van der Waals surface area (Å²) in [7, 11) is 1.85. The van der Waals surface area contributed by atoms with Gasteiger partial charge in [-0.1, -0.05) is 0 Å². The smallest absolute Gasteiger partial charge is 0.229 e. The van der Waals surface area contributed by atoms with Gasteiger partial charge in [0.05, 0.1) is 12.1 Å². The van der Waals surface area contributed by atoms with Crippen molar-refractivity contribution < 1.29 is 29.9 Å². The first-order valence-corrected chi connectivity index (χ1v) is 8.83. The number of rotatable bonds is 3. The summed E-state index contributed by atoms with van der Waals surface area (Å²) in [6.45, 7) is -0.501. The topological polar surface area (TPSA) is 104 Å². The molecular formula is C15H17Br2NO6. The van der Waals surface area contributed by atoms with E-state index in [2.05, 4.69) is 31.9 Å². The van der Waals surface area contributed by atoms with E-state index in [1.807, 2.05) is 23.7 Å². The first-order chi connectivity index (χ1) is 11.3. The van der Waals surface area contributed by atoms with Crippen LogP contribution in [-0.2, 0) is 11.8 Å². The van der Waals surface area contributed by atoms with Gasteiger partial charge < -0.3 is 34.5 Å². The van der Waals surface area contributed by atoms with E-state index in [4.69, 9.17) is 9.47 Å². The van der Waals surface area contributed by atoms with Crippen LogP contribution in [0.5, 0.6) is 5.75 Å². The number of aromatic nitrogens is 1. The van der Waals surface area contributed by atoms with Crippen molar-refractivity contribution in [1.82, 2.24) is 4.57 Å². The summed E-state index contributed by atoms with van der Waals surface area (Å²) < 4.78 is 14.7. The van der Waals surface area contributed by atoms with Gasteiger partial charge in [0.15, 0.2) is 0 Å². The molecule has 0 amide bonds. The van der Waals surface area contributed by atoms with Gasteiger partial charge in [-0.05, 0) is 44.0 Å². The third kappa shape index (κ3) is 3.10. The number of halogens is 2. The van der Waals surface area contributed by atoms with E-state index in [-0.39, 0.29) is 0 Å². The summed E-state index contributed by atoms with van der Waals surface area (Å²) in [5, 5.41) is 39.8. The minimum absolute atomic E-state index is 0.449. The van der Waals surface area contributed by atoms with Crippen LogP contribution in [-0.4, -0.2) is 62.3 Å². The molecule has 1 aromatic heterocycles. The number of aliphatic hydroxyl groups excluding tert-OH is 4. The van der Waals surface area contributed by atoms with Crippen LogP contribution in [0.4, 0.5) is 0 Å². The van der Waals surface area contributed by atoms with E-state index in [0.717, 1.165) is 19.8 Å². The lowest BCUT2D eigenvalue weighted by Crippen LogP contribution is -2.60. The number of ether oxygens (including phenoxy) is 2. The van der Waals surface area contributed by atoms with Crippen LogP contribution in [0.2, 0.25) is 0 Å². The second-order valence-electron chi connectivity index (χ2n) is 5.70. The third-order valence-electron chi connectivity index (χ3n) is 4.09. The Morgan fingerprint density at radius 1 is 1.12 bits per heavy atom. The van der Waals surface area contributed by atoms with Gasteiger partial charge in [0.25, 0.3) is 0 Å². The Kier molecular flexibility index (Phi) is 5.22. The summed E-state index contributed by atoms with van der Waals surface area (Å²) in [4.78, 5) is 0. The van der Waals surface area contributed by atoms with E-state index < -0.39 is 37.3 Å². The highest BCUT2D eigenvalue weighted by Crippen LogP contribution is 2.36. The molecule has 1 aliphatic heterocycles. The highest BCUT2D eigenvalue weighted by Gasteiger charge is 2.44. The number of fused-ring (bicyclic) bond motifs is 1. The molecule has 1 saturated heterocycles. The standard InChI is InChI=1S/C15H17Br2NO6/c1-18-4-10(6-2-7(16)8(17)3-9(6)18)23-15-14(22)13(21)12(20)11(5-19)24-15/h2-4,11-15,19-22H,5H2,1H3/t11-,12+,13+,14-,15-/m1/s1. The Balaban J connectivity index is 1.93. The Morgan fingerprint density at radius 3 is 2.46 bits per heavy atom. The van der Waals surface area contributed by atoms with Gasteiger partial charge in [-0.25, -0.2) is 0 Å². The Labute approximate surface area is 154 Å². The van der Waals surface area contributed by atoms with Gasteiger partial charge in [-0.2, -0.15) is 0 Å². The fourth-order valence-electron chi connectivity index (χ4n) is 2.72. The van der Waals surface area contributed by atoms with Crippen molar-refractivity contribution in [2.45, 2.75) is 30.7 Å². The van der Waals surface area contributed by atoms with Crippen molar-refractivity contribution in [3.8, 4) is 5.75 Å². The van der Waals surface area contributed by atoms with E-state index in [0.29, 0.717) is 5.75 Å². The molecule has 9 heteroatoms. The van der Waals surface area contributed by atoms with Crippen molar-refractivity contribution in [2.75, 3.05) is 6.61 Å². The van der Waals surface area contributed by atoms with E-state index in [1.165, 1.54) is 0 Å². The van der Waals surface area contributed by atoms with Crippen LogP contribution in [0, 0.1) is 0 Å². The quantitative estimate of drug-likeness (QED) is 0.535. The third-order valence-corrected chi connectivity index (χ3v) is 5.93. The van der Waals surface area contributed by atoms with E-state index in [9.17, 15) is 20.4 Å². The average Bonchev–Trinajstić information content (AvgIpc) is 2.84. The normalized spacial score (nSPS) is 30.7. The molecular weight excluding hydrogens is 450 g/mol. The molecule has 132 valence electrons. The molecule has 4 N–H and O–H groups in total. The summed E-state index contributed by atoms with van der Waals surface area (Å²) in [5.41, 5.74) is 0.893. The molecule has 1 aromatic carbocycles. The van der Waals surface area contributed by atoms with Crippen LogP contribution in [0.15, 0.2) is 27.3 Å². The lowest BCUT2D eigenvalue weighted by atomic mass is 9.99. The molecule has 0 aliphatic carbocycles. The minimum atomic E-state index is -1.48. The first kappa shape index (κ1) is 18.1. The molecule has 3 rings (SSSR count). The molecule has 1 aliphatic rings. The molecule has 2 aromatic rings. The Morgan fingerprint density at radius 2 is 1.79 bits per heavy atom. The van der Waals surface area contributed by atoms with Gasteiger partial charge in [0.1, 0.15) is 30.2 Å². The predicted octanol–water partition coefficient (Wildman–Crippen LogP) is 0.882. The van der Waals surface area contributed by atoms with Gasteiger partial charge in [-0.15, -0.1) is 0 Å².